The van der Waals surface area contributed by atoms with Crippen molar-refractivity contribution in [2.24, 2.45) is 0 Å². The number of hydrogen-bond donors (Lipinski definition) is 0. The third kappa shape index (κ3) is 12.1. The molecule has 0 aliphatic rings. The van der Waals surface area contributed by atoms with Crippen LogP contribution in [0.3, 0.4) is 0 Å². The van der Waals surface area contributed by atoms with Gasteiger partial charge in [0, 0.05) is 0 Å². The molecular formula is C42H42CuNO3P2. The summed E-state index contributed by atoms with van der Waals surface area (Å²) in [6, 6.07) is 53.9. The van der Waals surface area contributed by atoms with Gasteiger partial charge >= 0.3 is 17.1 Å². The molecule has 0 saturated carbocycles. The predicted octanol–water partition coefficient (Wildman–Crippen LogP) is 8.50. The molecule has 7 heteroatoms. The number of nitrogens with zero attached hydrogens (tertiary/aromatic N) is 1. The van der Waals surface area contributed by atoms with Crippen molar-refractivity contribution >= 4 is 47.7 Å². The van der Waals surface area contributed by atoms with Gasteiger partial charge < -0.3 is 15.3 Å². The molecular weight excluding hydrogens is 692 g/mol. The third-order valence-electron chi connectivity index (χ3n) is 7.75. The van der Waals surface area contributed by atoms with Crippen LogP contribution in [0.25, 0.3) is 0 Å². The first kappa shape index (κ1) is 39.3. The molecule has 0 saturated heterocycles. The van der Waals surface area contributed by atoms with Crippen molar-refractivity contribution < 1.29 is 22.2 Å². The van der Waals surface area contributed by atoms with E-state index in [0.29, 0.717) is 0 Å². The van der Waals surface area contributed by atoms with Crippen LogP contribution in [0.15, 0.2) is 146 Å². The van der Waals surface area contributed by atoms with E-state index in [1.807, 2.05) is 0 Å². The molecule has 6 aromatic carbocycles. The largest absolute Gasteiger partial charge is 1.00 e. The topological polar surface area (TPSA) is 66.2 Å². The molecule has 0 aliphatic carbocycles. The molecule has 0 unspecified atom stereocenters. The van der Waals surface area contributed by atoms with Crippen molar-refractivity contribution in [2.45, 2.75) is 41.5 Å². The van der Waals surface area contributed by atoms with Crippen molar-refractivity contribution in [3.05, 3.63) is 194 Å². The second-order valence-corrected chi connectivity index (χ2v) is 16.3. The van der Waals surface area contributed by atoms with E-state index in [1.165, 1.54) is 65.2 Å². The van der Waals surface area contributed by atoms with Crippen LogP contribution < -0.4 is 31.8 Å². The van der Waals surface area contributed by atoms with Gasteiger partial charge in [-0.2, -0.15) is 0 Å². The standard InChI is InChI=1S/2C21H21P.Cu.NO3/c2*1-16-4-10-19(11-5-16)22(20-12-6-17(2)7-13-20)21-14-8-18(3)9-15-21;;2-1(3)4/h2*4-15H,1-3H3;;/q;;+1;-1. The Balaban J connectivity index is 0.000000235. The maximum atomic E-state index is 8.25. The van der Waals surface area contributed by atoms with Crippen molar-refractivity contribution in [1.82, 2.24) is 0 Å². The summed E-state index contributed by atoms with van der Waals surface area (Å²) in [5.41, 5.74) is 7.87. The van der Waals surface area contributed by atoms with E-state index in [9.17, 15) is 0 Å². The predicted molar refractivity (Wildman–Crippen MR) is 209 cm³/mol. The summed E-state index contributed by atoms with van der Waals surface area (Å²) >= 11 is 0. The van der Waals surface area contributed by atoms with Crippen LogP contribution in [-0.4, -0.2) is 5.09 Å². The third-order valence-corrected chi connectivity index (χ3v) is 12.6. The summed E-state index contributed by atoms with van der Waals surface area (Å²) < 4.78 is 0. The number of hydrogen-bond acceptors (Lipinski definition) is 3. The molecule has 0 amide bonds. The molecule has 0 radical (unpaired) electrons. The second kappa shape index (κ2) is 19.2. The van der Waals surface area contributed by atoms with Crippen LogP contribution in [0.5, 0.6) is 0 Å². The fourth-order valence-corrected chi connectivity index (χ4v) is 9.53. The normalized spacial score (nSPS) is 10.3. The Kier molecular flexibility index (Phi) is 15.4. The number of aryl methyl sites for hydroxylation is 6. The summed E-state index contributed by atoms with van der Waals surface area (Å²) in [5, 5.41) is 23.2. The minimum Gasteiger partial charge on any atom is -0.356 e. The first-order valence-corrected chi connectivity index (χ1v) is 18.5. The molecule has 0 atom stereocenters. The van der Waals surface area contributed by atoms with E-state index < -0.39 is 20.9 Å². The molecule has 6 rings (SSSR count). The molecule has 0 aliphatic heterocycles. The zero-order valence-electron chi connectivity index (χ0n) is 28.7. The van der Waals surface area contributed by atoms with Crippen molar-refractivity contribution in [1.29, 1.82) is 0 Å². The van der Waals surface area contributed by atoms with Gasteiger partial charge in [0.1, 0.15) is 0 Å². The molecule has 4 nitrogen and oxygen atoms in total. The van der Waals surface area contributed by atoms with Crippen molar-refractivity contribution in [3.63, 3.8) is 0 Å². The van der Waals surface area contributed by atoms with Gasteiger partial charge in [0.15, 0.2) is 0 Å². The van der Waals surface area contributed by atoms with Gasteiger partial charge in [-0.15, -0.1) is 0 Å². The molecule has 0 aromatic heterocycles. The summed E-state index contributed by atoms with van der Waals surface area (Å²) in [7, 11) is -0.966. The zero-order chi connectivity index (χ0) is 34.6. The SMILES string of the molecule is Cc1ccc(P(c2ccc(C)cc2)c2ccc(C)cc2)cc1.Cc1ccc(P(c2ccc(C)cc2)c2ccc(C)cc2)cc1.O=[N+]([O-])[O-].[Cu+]. The Morgan fingerprint density at radius 2 is 0.429 bits per heavy atom. The fraction of sp³-hybridized carbons (Fsp3) is 0.143. The van der Waals surface area contributed by atoms with Gasteiger partial charge in [-0.25, -0.2) is 0 Å². The molecule has 254 valence electrons. The van der Waals surface area contributed by atoms with Gasteiger partial charge in [-0.3, -0.25) is 0 Å². The van der Waals surface area contributed by atoms with Crippen molar-refractivity contribution in [3.8, 4) is 0 Å². The number of benzene rings is 6. The van der Waals surface area contributed by atoms with E-state index in [0.717, 1.165) is 0 Å². The Morgan fingerprint density at radius 3 is 0.531 bits per heavy atom. The van der Waals surface area contributed by atoms with E-state index in [1.54, 1.807) is 0 Å². The summed E-state index contributed by atoms with van der Waals surface area (Å²) in [5.74, 6) is 0. The summed E-state index contributed by atoms with van der Waals surface area (Å²) in [6.07, 6.45) is 0. The minimum absolute atomic E-state index is 0. The van der Waals surface area contributed by atoms with Crippen LogP contribution in [0.4, 0.5) is 0 Å². The monoisotopic (exact) mass is 733 g/mol. The van der Waals surface area contributed by atoms with Gasteiger partial charge in [-0.05, 0) is 89.2 Å². The van der Waals surface area contributed by atoms with E-state index in [-0.39, 0.29) is 17.1 Å². The van der Waals surface area contributed by atoms with Crippen molar-refractivity contribution in [2.75, 3.05) is 0 Å². The maximum absolute atomic E-state index is 8.25. The van der Waals surface area contributed by atoms with Gasteiger partial charge in [-0.1, -0.05) is 179 Å². The van der Waals surface area contributed by atoms with E-state index >= 15 is 0 Å². The zero-order valence-corrected chi connectivity index (χ0v) is 31.5. The quantitative estimate of drug-likeness (QED) is 0.0747. The van der Waals surface area contributed by atoms with Gasteiger partial charge in [0.2, 0.25) is 0 Å². The molecule has 0 bridgehead atoms. The molecule has 49 heavy (non-hydrogen) atoms. The van der Waals surface area contributed by atoms with Crippen LogP contribution in [0.1, 0.15) is 33.4 Å². The fourth-order valence-electron chi connectivity index (χ4n) is 5.06. The minimum atomic E-state index is -1.75. The van der Waals surface area contributed by atoms with Crippen LogP contribution in [0.2, 0.25) is 0 Å². The van der Waals surface area contributed by atoms with Crippen LogP contribution in [-0.2, 0) is 17.1 Å². The van der Waals surface area contributed by atoms with Crippen LogP contribution in [0, 0.1) is 56.9 Å². The Morgan fingerprint density at radius 1 is 0.327 bits per heavy atom. The Labute approximate surface area is 304 Å². The number of rotatable bonds is 6. The summed E-state index contributed by atoms with van der Waals surface area (Å²) in [6.45, 7) is 12.9. The van der Waals surface area contributed by atoms with Crippen LogP contribution >= 0.6 is 15.8 Å². The average Bonchev–Trinajstić information content (AvgIpc) is 3.07. The molecule has 0 spiro atoms. The molecule has 0 N–H and O–H groups in total. The van der Waals surface area contributed by atoms with E-state index in [2.05, 4.69) is 187 Å². The average molecular weight is 734 g/mol. The van der Waals surface area contributed by atoms with E-state index in [4.69, 9.17) is 15.3 Å². The Bertz CT molecular complexity index is 1520. The molecule has 0 heterocycles. The molecule has 6 aromatic rings. The second-order valence-electron chi connectivity index (χ2n) is 11.9. The Hall–Kier alpha value is -4.10. The summed E-state index contributed by atoms with van der Waals surface area (Å²) in [4.78, 5) is 8.25. The van der Waals surface area contributed by atoms with Gasteiger partial charge in [0.25, 0.3) is 0 Å². The first-order valence-electron chi connectivity index (χ1n) is 15.8. The smallest absolute Gasteiger partial charge is 0.356 e. The molecule has 0 fully saturated rings. The first-order chi connectivity index (χ1) is 23.0. The maximum Gasteiger partial charge on any atom is 1.00 e. The van der Waals surface area contributed by atoms with Gasteiger partial charge in [0.05, 0.1) is 5.09 Å².